The van der Waals surface area contributed by atoms with Crippen LogP contribution in [-0.4, -0.2) is 63.8 Å². The molecule has 0 aromatic heterocycles. The Bertz CT molecular complexity index is 467. The number of hydrogen-bond acceptors (Lipinski definition) is 4. The molecular weight excluding hydrogens is 445 g/mol. The van der Waals surface area contributed by atoms with Gasteiger partial charge in [0.2, 0.25) is 0 Å². The number of hydrogen-bond donors (Lipinski definition) is 1. The molecule has 0 amide bonds. The fourth-order valence-corrected chi connectivity index (χ4v) is 4.20. The second-order valence-corrected chi connectivity index (χ2v) is 7.63. The monoisotopic (exact) mass is 481 g/mol. The summed E-state index contributed by atoms with van der Waals surface area (Å²) in [6.07, 6.45) is 6.14. The number of ether oxygens (including phenoxy) is 2. The maximum atomic E-state index is 12.0. The van der Waals surface area contributed by atoms with Gasteiger partial charge in [0.15, 0.2) is 5.96 Å². The van der Waals surface area contributed by atoms with Crippen molar-refractivity contribution in [3.05, 3.63) is 0 Å². The van der Waals surface area contributed by atoms with Crippen LogP contribution in [0, 0.1) is 17.3 Å². The van der Waals surface area contributed by atoms with Crippen LogP contribution < -0.4 is 5.32 Å². The summed E-state index contributed by atoms with van der Waals surface area (Å²) in [5, 5.41) is 3.41. The maximum absolute atomic E-state index is 12.0. The van der Waals surface area contributed by atoms with Crippen molar-refractivity contribution < 1.29 is 14.3 Å². The Hall–Kier alpha value is -0.570. The van der Waals surface area contributed by atoms with Crippen LogP contribution in [0.2, 0.25) is 0 Å². The standard InChI is InChI=1S/C19H35N3O3.HI/c1-5-20-18(22-12-15(2)16(13-22)17(23)25-4)21-14-19(10-11-24-3)8-6-7-9-19;/h15-16H,5-14H2,1-4H3,(H,20,21);1H. The van der Waals surface area contributed by atoms with Gasteiger partial charge in [0.05, 0.1) is 13.0 Å². The van der Waals surface area contributed by atoms with Crippen molar-refractivity contribution in [3.63, 3.8) is 0 Å². The first kappa shape index (κ1) is 23.5. The number of nitrogens with zero attached hydrogens (tertiary/aromatic N) is 2. The van der Waals surface area contributed by atoms with E-state index in [2.05, 4.69) is 24.1 Å². The molecule has 152 valence electrons. The summed E-state index contributed by atoms with van der Waals surface area (Å²) in [5.41, 5.74) is 0.282. The zero-order valence-corrected chi connectivity index (χ0v) is 19.1. The number of halogens is 1. The number of nitrogens with one attached hydrogen (secondary N) is 1. The molecule has 7 heteroatoms. The number of likely N-dealkylation sites (tertiary alicyclic amines) is 1. The molecular formula is C19H36IN3O3. The van der Waals surface area contributed by atoms with Crippen LogP contribution in [0.3, 0.4) is 0 Å². The number of carbonyl (C=O) groups is 1. The molecule has 1 aliphatic carbocycles. The van der Waals surface area contributed by atoms with Gasteiger partial charge in [0.1, 0.15) is 0 Å². The van der Waals surface area contributed by atoms with Crippen LogP contribution in [0.1, 0.15) is 46.0 Å². The van der Waals surface area contributed by atoms with Crippen molar-refractivity contribution >= 4 is 35.9 Å². The van der Waals surface area contributed by atoms with Crippen LogP contribution in [0.5, 0.6) is 0 Å². The normalized spacial score (nSPS) is 25.1. The lowest BCUT2D eigenvalue weighted by molar-refractivity contribution is -0.145. The van der Waals surface area contributed by atoms with Crippen LogP contribution in [0.4, 0.5) is 0 Å². The molecule has 0 spiro atoms. The van der Waals surface area contributed by atoms with E-state index in [9.17, 15) is 4.79 Å². The lowest BCUT2D eigenvalue weighted by atomic mass is 9.83. The minimum Gasteiger partial charge on any atom is -0.469 e. The Morgan fingerprint density at radius 1 is 1.27 bits per heavy atom. The second-order valence-electron chi connectivity index (χ2n) is 7.63. The molecule has 6 nitrogen and oxygen atoms in total. The van der Waals surface area contributed by atoms with Gasteiger partial charge < -0.3 is 19.7 Å². The molecule has 0 bridgehead atoms. The largest absolute Gasteiger partial charge is 0.469 e. The number of aliphatic imine (C=N–C) groups is 1. The number of rotatable bonds is 7. The van der Waals surface area contributed by atoms with E-state index in [1.807, 2.05) is 0 Å². The average Bonchev–Trinajstić information content (AvgIpc) is 3.23. The lowest BCUT2D eigenvalue weighted by Crippen LogP contribution is -2.41. The third kappa shape index (κ3) is 5.97. The number of methoxy groups -OCH3 is 2. The van der Waals surface area contributed by atoms with E-state index < -0.39 is 0 Å². The fraction of sp³-hybridized carbons (Fsp3) is 0.895. The summed E-state index contributed by atoms with van der Waals surface area (Å²) >= 11 is 0. The highest BCUT2D eigenvalue weighted by Gasteiger charge is 2.38. The summed E-state index contributed by atoms with van der Waals surface area (Å²) < 4.78 is 10.3. The highest BCUT2D eigenvalue weighted by atomic mass is 127. The molecule has 1 aliphatic heterocycles. The van der Waals surface area contributed by atoms with Crippen LogP contribution in [0.15, 0.2) is 4.99 Å². The zero-order chi connectivity index (χ0) is 18.3. The first-order valence-corrected chi connectivity index (χ1v) is 9.65. The van der Waals surface area contributed by atoms with E-state index in [1.165, 1.54) is 32.8 Å². The van der Waals surface area contributed by atoms with Crippen molar-refractivity contribution in [2.75, 3.05) is 47.0 Å². The van der Waals surface area contributed by atoms with E-state index in [0.29, 0.717) is 6.54 Å². The first-order valence-electron chi connectivity index (χ1n) is 9.65. The SMILES string of the molecule is CCNC(=NCC1(CCOC)CCCC1)N1CC(C)C(C(=O)OC)C1.I. The van der Waals surface area contributed by atoms with Crippen molar-refractivity contribution in [1.29, 1.82) is 0 Å². The minimum absolute atomic E-state index is 0. The van der Waals surface area contributed by atoms with Crippen molar-refractivity contribution in [2.24, 2.45) is 22.2 Å². The van der Waals surface area contributed by atoms with E-state index in [4.69, 9.17) is 14.5 Å². The zero-order valence-electron chi connectivity index (χ0n) is 16.8. The van der Waals surface area contributed by atoms with Crippen LogP contribution >= 0.6 is 24.0 Å². The van der Waals surface area contributed by atoms with E-state index in [1.54, 1.807) is 7.11 Å². The average molecular weight is 481 g/mol. The van der Waals surface area contributed by atoms with Crippen molar-refractivity contribution in [1.82, 2.24) is 10.2 Å². The van der Waals surface area contributed by atoms with Gasteiger partial charge >= 0.3 is 5.97 Å². The van der Waals surface area contributed by atoms with Gasteiger partial charge in [-0.3, -0.25) is 9.79 Å². The highest BCUT2D eigenvalue weighted by molar-refractivity contribution is 14.0. The number of guanidine groups is 1. The van der Waals surface area contributed by atoms with Gasteiger partial charge in [-0.2, -0.15) is 0 Å². The molecule has 0 aromatic rings. The smallest absolute Gasteiger partial charge is 0.310 e. The molecule has 1 saturated carbocycles. The van der Waals surface area contributed by atoms with Gasteiger partial charge in [0, 0.05) is 39.9 Å². The lowest BCUT2D eigenvalue weighted by Gasteiger charge is -2.28. The Morgan fingerprint density at radius 2 is 1.96 bits per heavy atom. The number of carbonyl (C=O) groups excluding carboxylic acids is 1. The molecule has 0 aromatic carbocycles. The molecule has 0 radical (unpaired) electrons. The molecule has 2 aliphatic rings. The molecule has 2 atom stereocenters. The fourth-order valence-electron chi connectivity index (χ4n) is 4.20. The third-order valence-electron chi connectivity index (χ3n) is 5.82. The Balaban J connectivity index is 0.00000338. The van der Waals surface area contributed by atoms with E-state index >= 15 is 0 Å². The summed E-state index contributed by atoms with van der Waals surface area (Å²) in [5.74, 6) is 1.04. The van der Waals surface area contributed by atoms with Gasteiger partial charge in [-0.15, -0.1) is 24.0 Å². The van der Waals surface area contributed by atoms with Crippen molar-refractivity contribution in [2.45, 2.75) is 46.0 Å². The highest BCUT2D eigenvalue weighted by Crippen LogP contribution is 2.41. The summed E-state index contributed by atoms with van der Waals surface area (Å²) in [4.78, 5) is 19.2. The molecule has 2 rings (SSSR count). The molecule has 1 heterocycles. The quantitative estimate of drug-likeness (QED) is 0.262. The molecule has 1 saturated heterocycles. The first-order chi connectivity index (χ1) is 12.0. The molecule has 2 unspecified atom stereocenters. The van der Waals surface area contributed by atoms with Gasteiger partial charge in [0.25, 0.3) is 0 Å². The molecule has 2 fully saturated rings. The predicted octanol–water partition coefficient (Wildman–Crippen LogP) is 2.91. The van der Waals surface area contributed by atoms with E-state index in [0.717, 1.165) is 38.6 Å². The Morgan fingerprint density at radius 3 is 2.54 bits per heavy atom. The Kier molecular flexibility index (Phi) is 10.2. The third-order valence-corrected chi connectivity index (χ3v) is 5.82. The maximum Gasteiger partial charge on any atom is 0.310 e. The van der Waals surface area contributed by atoms with Gasteiger partial charge in [-0.05, 0) is 37.5 Å². The summed E-state index contributed by atoms with van der Waals surface area (Å²) in [6.45, 7) is 8.20. The van der Waals surface area contributed by atoms with E-state index in [-0.39, 0.29) is 47.2 Å². The second kappa shape index (κ2) is 11.3. The topological polar surface area (TPSA) is 63.2 Å². The van der Waals surface area contributed by atoms with Crippen molar-refractivity contribution in [3.8, 4) is 0 Å². The van der Waals surface area contributed by atoms with Gasteiger partial charge in [-0.1, -0.05) is 19.8 Å². The summed E-state index contributed by atoms with van der Waals surface area (Å²) in [6, 6.07) is 0. The molecule has 26 heavy (non-hydrogen) atoms. The molecule has 1 N–H and O–H groups in total. The van der Waals surface area contributed by atoms with Gasteiger partial charge in [-0.25, -0.2) is 0 Å². The van der Waals surface area contributed by atoms with Crippen LogP contribution in [-0.2, 0) is 14.3 Å². The Labute approximate surface area is 175 Å². The number of esters is 1. The van der Waals surface area contributed by atoms with Crippen LogP contribution in [0.25, 0.3) is 0 Å². The predicted molar refractivity (Wildman–Crippen MR) is 115 cm³/mol. The minimum atomic E-state index is -0.113. The summed E-state index contributed by atoms with van der Waals surface area (Å²) in [7, 11) is 3.24.